The number of nitrogens with zero attached hydrogens (tertiary/aromatic N) is 8. The summed E-state index contributed by atoms with van der Waals surface area (Å²) in [5.41, 5.74) is 5.78. The second kappa shape index (κ2) is 8.68. The average molecular weight is 465 g/mol. The summed E-state index contributed by atoms with van der Waals surface area (Å²) < 4.78 is 3.55. The molecular formula is C26H24N8O. The van der Waals surface area contributed by atoms with Crippen LogP contribution in [-0.4, -0.2) is 59.8 Å². The van der Waals surface area contributed by atoms with Gasteiger partial charge in [-0.05, 0) is 23.8 Å². The average Bonchev–Trinajstić information content (AvgIpc) is 3.54. The molecule has 0 atom stereocenters. The summed E-state index contributed by atoms with van der Waals surface area (Å²) in [6.45, 7) is 2.38. The Kier molecular flexibility index (Phi) is 5.21. The molecule has 5 heterocycles. The quantitative estimate of drug-likeness (QED) is 0.398. The van der Waals surface area contributed by atoms with E-state index < -0.39 is 0 Å². The largest absolute Gasteiger partial charge is 0.346 e. The van der Waals surface area contributed by atoms with Crippen molar-refractivity contribution in [2.75, 3.05) is 24.5 Å². The monoisotopic (exact) mass is 464 g/mol. The summed E-state index contributed by atoms with van der Waals surface area (Å²) in [6.07, 6.45) is 9.14. The van der Waals surface area contributed by atoms with E-state index in [2.05, 4.69) is 33.4 Å². The molecule has 0 saturated carbocycles. The van der Waals surface area contributed by atoms with Gasteiger partial charge in [-0.1, -0.05) is 30.3 Å². The molecule has 1 aromatic carbocycles. The van der Waals surface area contributed by atoms with Crippen LogP contribution in [0, 0.1) is 0 Å². The molecule has 0 spiro atoms. The highest BCUT2D eigenvalue weighted by Crippen LogP contribution is 2.30. The third-order valence-corrected chi connectivity index (χ3v) is 6.33. The fourth-order valence-corrected chi connectivity index (χ4v) is 4.47. The number of aromatic nitrogens is 6. The number of benzene rings is 1. The van der Waals surface area contributed by atoms with Gasteiger partial charge in [0.25, 0.3) is 0 Å². The number of amides is 1. The van der Waals surface area contributed by atoms with Gasteiger partial charge in [0.2, 0.25) is 5.91 Å². The van der Waals surface area contributed by atoms with Crippen LogP contribution >= 0.6 is 0 Å². The number of fused-ring (bicyclic) bond motifs is 1. The maximum absolute atomic E-state index is 12.8. The van der Waals surface area contributed by atoms with E-state index in [1.54, 1.807) is 15.5 Å². The fraction of sp³-hybridized carbons (Fsp3) is 0.192. The number of anilines is 1. The Morgan fingerprint density at radius 1 is 0.886 bits per heavy atom. The van der Waals surface area contributed by atoms with Crippen molar-refractivity contribution < 1.29 is 4.79 Å². The summed E-state index contributed by atoms with van der Waals surface area (Å²) in [5.74, 6) is 0.905. The van der Waals surface area contributed by atoms with E-state index in [0.29, 0.717) is 19.6 Å². The molecule has 1 amide bonds. The van der Waals surface area contributed by atoms with Gasteiger partial charge >= 0.3 is 0 Å². The topological polar surface area (TPSA) is 84.5 Å². The summed E-state index contributed by atoms with van der Waals surface area (Å²) >= 11 is 0. The zero-order valence-corrected chi connectivity index (χ0v) is 19.3. The van der Waals surface area contributed by atoms with Gasteiger partial charge < -0.3 is 9.80 Å². The van der Waals surface area contributed by atoms with Crippen LogP contribution in [0.5, 0.6) is 0 Å². The number of rotatable bonds is 5. The first-order valence-corrected chi connectivity index (χ1v) is 11.5. The highest BCUT2D eigenvalue weighted by atomic mass is 16.2. The number of carbonyl (C=O) groups excluding carboxylic acids is 1. The molecule has 1 fully saturated rings. The van der Waals surface area contributed by atoms with Crippen molar-refractivity contribution in [3.8, 4) is 22.3 Å². The van der Waals surface area contributed by atoms with E-state index in [0.717, 1.165) is 45.8 Å². The van der Waals surface area contributed by atoms with E-state index in [4.69, 9.17) is 4.98 Å². The molecule has 0 N–H and O–H groups in total. The Morgan fingerprint density at radius 2 is 1.77 bits per heavy atom. The summed E-state index contributed by atoms with van der Waals surface area (Å²) in [5, 5.41) is 8.63. The van der Waals surface area contributed by atoms with Gasteiger partial charge in [-0.2, -0.15) is 10.2 Å². The number of hydrogen-bond donors (Lipinski definition) is 0. The van der Waals surface area contributed by atoms with Gasteiger partial charge in [0.1, 0.15) is 12.1 Å². The van der Waals surface area contributed by atoms with Gasteiger partial charge in [0, 0.05) is 67.5 Å². The summed E-state index contributed by atoms with van der Waals surface area (Å²) in [6, 6.07) is 16.2. The lowest BCUT2D eigenvalue weighted by Gasteiger charge is -2.35. The van der Waals surface area contributed by atoms with Gasteiger partial charge in [0.15, 0.2) is 5.65 Å². The van der Waals surface area contributed by atoms with Crippen LogP contribution in [0.1, 0.15) is 5.56 Å². The van der Waals surface area contributed by atoms with Crippen LogP contribution in [0.4, 0.5) is 5.82 Å². The first kappa shape index (κ1) is 21.0. The van der Waals surface area contributed by atoms with Gasteiger partial charge in [-0.15, -0.1) is 0 Å². The normalized spacial score (nSPS) is 14.1. The van der Waals surface area contributed by atoms with E-state index in [-0.39, 0.29) is 5.91 Å². The predicted octanol–water partition coefficient (Wildman–Crippen LogP) is 3.04. The molecular weight excluding hydrogens is 440 g/mol. The van der Waals surface area contributed by atoms with E-state index in [9.17, 15) is 4.79 Å². The highest BCUT2D eigenvalue weighted by Gasteiger charge is 2.25. The minimum Gasteiger partial charge on any atom is -0.346 e. The number of aryl methyl sites for hydroxylation is 1. The van der Waals surface area contributed by atoms with Crippen LogP contribution in [-0.2, 0) is 18.4 Å². The molecule has 35 heavy (non-hydrogen) atoms. The maximum atomic E-state index is 12.8. The van der Waals surface area contributed by atoms with Crippen LogP contribution < -0.4 is 4.90 Å². The number of pyridine rings is 2. The Balaban J connectivity index is 1.23. The molecule has 1 aliphatic heterocycles. The first-order chi connectivity index (χ1) is 17.1. The van der Waals surface area contributed by atoms with Gasteiger partial charge in [-0.25, -0.2) is 14.5 Å². The van der Waals surface area contributed by atoms with Gasteiger partial charge in [-0.3, -0.25) is 9.48 Å². The molecule has 174 valence electrons. The second-order valence-electron chi connectivity index (χ2n) is 8.70. The van der Waals surface area contributed by atoms with E-state index in [1.807, 2.05) is 72.0 Å². The predicted molar refractivity (Wildman–Crippen MR) is 132 cm³/mol. The highest BCUT2D eigenvalue weighted by molar-refractivity contribution is 5.84. The SMILES string of the molecule is Cn1cc(-c2cc(-c3ccc(N4CCN(Cc5ccccc5)C(=O)C4)nc3)c3ncnn3c2)cn1. The number of carbonyl (C=O) groups is 1. The standard InChI is InChI=1S/C26H24N8O/c1-31-15-22(13-29-31)21-11-23(26-28-18-30-34(26)16-21)20-7-8-24(27-12-20)32-9-10-33(25(35)17-32)14-19-5-3-2-4-6-19/h2-8,11-13,15-16,18H,9-10,14,17H2,1H3. The van der Waals surface area contributed by atoms with Crippen molar-refractivity contribution in [3.63, 3.8) is 0 Å². The molecule has 4 aromatic heterocycles. The Labute approximate surface area is 202 Å². The molecule has 6 rings (SSSR count). The van der Waals surface area contributed by atoms with Crippen molar-refractivity contribution in [2.24, 2.45) is 7.05 Å². The zero-order chi connectivity index (χ0) is 23.8. The maximum Gasteiger partial charge on any atom is 0.242 e. The van der Waals surface area contributed by atoms with Crippen LogP contribution in [0.2, 0.25) is 0 Å². The smallest absolute Gasteiger partial charge is 0.242 e. The molecule has 5 aromatic rings. The van der Waals surface area contributed by atoms with E-state index >= 15 is 0 Å². The Hall–Kier alpha value is -4.53. The van der Waals surface area contributed by atoms with Crippen LogP contribution in [0.3, 0.4) is 0 Å². The number of hydrogen-bond acceptors (Lipinski definition) is 6. The third-order valence-electron chi connectivity index (χ3n) is 6.33. The Bertz CT molecular complexity index is 1490. The molecule has 1 saturated heterocycles. The fourth-order valence-electron chi connectivity index (χ4n) is 4.47. The minimum atomic E-state index is 0.111. The molecule has 0 unspecified atom stereocenters. The summed E-state index contributed by atoms with van der Waals surface area (Å²) in [7, 11) is 1.90. The lowest BCUT2D eigenvalue weighted by molar-refractivity contribution is -0.131. The lowest BCUT2D eigenvalue weighted by Crippen LogP contribution is -2.50. The van der Waals surface area contributed by atoms with Crippen LogP contribution in [0.25, 0.3) is 27.9 Å². The van der Waals surface area contributed by atoms with Crippen molar-refractivity contribution in [2.45, 2.75) is 6.54 Å². The van der Waals surface area contributed by atoms with Crippen molar-refractivity contribution in [3.05, 3.63) is 85.2 Å². The zero-order valence-electron chi connectivity index (χ0n) is 19.3. The third kappa shape index (κ3) is 4.12. The number of piperazine rings is 1. The Morgan fingerprint density at radius 3 is 2.51 bits per heavy atom. The summed E-state index contributed by atoms with van der Waals surface area (Å²) in [4.78, 5) is 25.9. The molecule has 0 radical (unpaired) electrons. The molecule has 0 aliphatic carbocycles. The molecule has 1 aliphatic rings. The first-order valence-electron chi connectivity index (χ1n) is 11.5. The van der Waals surface area contributed by atoms with E-state index in [1.165, 1.54) is 0 Å². The second-order valence-corrected chi connectivity index (χ2v) is 8.70. The van der Waals surface area contributed by atoms with Gasteiger partial charge in [0.05, 0.1) is 12.7 Å². The van der Waals surface area contributed by atoms with Crippen molar-refractivity contribution in [1.82, 2.24) is 34.3 Å². The molecule has 9 heteroatoms. The van der Waals surface area contributed by atoms with Crippen LogP contribution in [0.15, 0.2) is 79.6 Å². The minimum absolute atomic E-state index is 0.111. The molecule has 0 bridgehead atoms. The van der Waals surface area contributed by atoms with Crippen molar-refractivity contribution in [1.29, 1.82) is 0 Å². The molecule has 9 nitrogen and oxygen atoms in total. The lowest BCUT2D eigenvalue weighted by atomic mass is 10.0. The van der Waals surface area contributed by atoms with Crippen molar-refractivity contribution >= 4 is 17.4 Å².